The van der Waals surface area contributed by atoms with Crippen molar-refractivity contribution < 1.29 is 19.6 Å². The molecule has 1 aromatic carbocycles. The van der Waals surface area contributed by atoms with Crippen LogP contribution >= 0.6 is 0 Å². The molecule has 6 nitrogen and oxygen atoms in total. The summed E-state index contributed by atoms with van der Waals surface area (Å²) in [6, 6.07) is 1.29. The second-order valence-electron chi connectivity index (χ2n) is 3.26. The van der Waals surface area contributed by atoms with E-state index in [1.54, 1.807) is 0 Å². The van der Waals surface area contributed by atoms with Crippen LogP contribution in [0.2, 0.25) is 0 Å². The van der Waals surface area contributed by atoms with E-state index in [9.17, 15) is 20.0 Å². The third-order valence-corrected chi connectivity index (χ3v) is 2.26. The molecule has 0 aliphatic rings. The van der Waals surface area contributed by atoms with Gasteiger partial charge in [-0.2, -0.15) is 0 Å². The van der Waals surface area contributed by atoms with Gasteiger partial charge in [-0.25, -0.2) is 0 Å². The van der Waals surface area contributed by atoms with E-state index in [2.05, 4.69) is 0 Å². The Morgan fingerprint density at radius 2 is 2.12 bits per heavy atom. The lowest BCUT2D eigenvalue weighted by Crippen LogP contribution is -2.01. The summed E-state index contributed by atoms with van der Waals surface area (Å²) in [7, 11) is 1.34. The Hall–Kier alpha value is -2.11. The van der Waals surface area contributed by atoms with E-state index in [0.29, 0.717) is 0 Å². The topological polar surface area (TPSA) is 89.7 Å². The number of methoxy groups -OCH3 is 1. The van der Waals surface area contributed by atoms with Crippen LogP contribution in [-0.4, -0.2) is 22.9 Å². The molecule has 0 aromatic heterocycles. The standard InChI is InChI=1S/C10H11NO5/c1-5-8(16-3)4-7(6(2)12)10(13)9(5)11(14)15/h4,13H,1-3H3. The number of ketones is 1. The zero-order valence-electron chi connectivity index (χ0n) is 9.10. The number of carbonyl (C=O) groups is 1. The molecule has 0 fully saturated rings. The maximum Gasteiger partial charge on any atom is 0.318 e. The fourth-order valence-electron chi connectivity index (χ4n) is 1.43. The van der Waals surface area contributed by atoms with E-state index < -0.39 is 22.1 Å². The molecule has 0 radical (unpaired) electrons. The van der Waals surface area contributed by atoms with Gasteiger partial charge in [-0.15, -0.1) is 0 Å². The van der Waals surface area contributed by atoms with Gasteiger partial charge >= 0.3 is 5.69 Å². The highest BCUT2D eigenvalue weighted by Crippen LogP contribution is 2.39. The number of nitro groups is 1. The number of carbonyl (C=O) groups excluding carboxylic acids is 1. The highest BCUT2D eigenvalue weighted by atomic mass is 16.6. The number of phenols is 1. The molecule has 1 N–H and O–H groups in total. The first-order valence-electron chi connectivity index (χ1n) is 4.46. The first-order valence-corrected chi connectivity index (χ1v) is 4.46. The summed E-state index contributed by atoms with van der Waals surface area (Å²) in [4.78, 5) is 21.2. The summed E-state index contributed by atoms with van der Waals surface area (Å²) in [6.07, 6.45) is 0. The largest absolute Gasteiger partial charge is 0.502 e. The Balaban J connectivity index is 3.64. The Morgan fingerprint density at radius 1 is 1.56 bits per heavy atom. The SMILES string of the molecule is COc1cc(C(C)=O)c(O)c([N+](=O)[O-])c1C. The van der Waals surface area contributed by atoms with E-state index >= 15 is 0 Å². The molecule has 0 saturated heterocycles. The van der Waals surface area contributed by atoms with Gasteiger partial charge in [-0.05, 0) is 19.9 Å². The van der Waals surface area contributed by atoms with Crippen LogP contribution < -0.4 is 4.74 Å². The van der Waals surface area contributed by atoms with Crippen LogP contribution in [0.25, 0.3) is 0 Å². The highest BCUT2D eigenvalue weighted by Gasteiger charge is 2.26. The summed E-state index contributed by atoms with van der Waals surface area (Å²) in [6.45, 7) is 2.66. The van der Waals surface area contributed by atoms with Crippen molar-refractivity contribution >= 4 is 11.5 Å². The van der Waals surface area contributed by atoms with Gasteiger partial charge in [0.25, 0.3) is 0 Å². The molecule has 1 aromatic rings. The fraction of sp³-hybridized carbons (Fsp3) is 0.300. The lowest BCUT2D eigenvalue weighted by atomic mass is 10.0. The summed E-state index contributed by atoms with van der Waals surface area (Å²) >= 11 is 0. The number of aromatic hydroxyl groups is 1. The Kier molecular flexibility index (Phi) is 3.12. The Labute approximate surface area is 91.6 Å². The van der Waals surface area contributed by atoms with Gasteiger partial charge in [0.1, 0.15) is 5.75 Å². The predicted molar refractivity (Wildman–Crippen MR) is 56.1 cm³/mol. The van der Waals surface area contributed by atoms with E-state index in [1.165, 1.54) is 27.0 Å². The molecule has 0 unspecified atom stereocenters. The van der Waals surface area contributed by atoms with E-state index in [0.717, 1.165) is 0 Å². The quantitative estimate of drug-likeness (QED) is 0.481. The molecule has 6 heteroatoms. The highest BCUT2D eigenvalue weighted by molar-refractivity contribution is 5.99. The Bertz CT molecular complexity index is 467. The van der Waals surface area contributed by atoms with Crippen molar-refractivity contribution in [3.05, 3.63) is 27.3 Å². The normalized spacial score (nSPS) is 9.94. The second-order valence-corrected chi connectivity index (χ2v) is 3.26. The third kappa shape index (κ3) is 1.81. The van der Waals surface area contributed by atoms with Crippen LogP contribution in [0.3, 0.4) is 0 Å². The number of hydrogen-bond acceptors (Lipinski definition) is 5. The monoisotopic (exact) mass is 225 g/mol. The zero-order valence-corrected chi connectivity index (χ0v) is 9.10. The maximum absolute atomic E-state index is 11.2. The molecule has 0 atom stereocenters. The summed E-state index contributed by atoms with van der Waals surface area (Å²) < 4.78 is 4.91. The van der Waals surface area contributed by atoms with Gasteiger partial charge < -0.3 is 9.84 Å². The Morgan fingerprint density at radius 3 is 2.50 bits per heavy atom. The second kappa shape index (κ2) is 4.18. The van der Waals surface area contributed by atoms with E-state index in [4.69, 9.17) is 4.74 Å². The van der Waals surface area contributed by atoms with E-state index in [-0.39, 0.29) is 16.9 Å². The molecule has 0 aliphatic heterocycles. The van der Waals surface area contributed by atoms with Crippen molar-refractivity contribution in [2.24, 2.45) is 0 Å². The first kappa shape index (κ1) is 12.0. The van der Waals surface area contributed by atoms with Crippen molar-refractivity contribution in [3.63, 3.8) is 0 Å². The average Bonchev–Trinajstić information content (AvgIpc) is 2.16. The maximum atomic E-state index is 11.2. The molecule has 0 aliphatic carbocycles. The molecule has 0 heterocycles. The average molecular weight is 225 g/mol. The number of hydrogen-bond donors (Lipinski definition) is 1. The number of nitrogens with zero attached hydrogens (tertiary/aromatic N) is 1. The number of phenolic OH excluding ortho intramolecular Hbond substituents is 1. The minimum Gasteiger partial charge on any atom is -0.502 e. The summed E-state index contributed by atoms with van der Waals surface area (Å²) in [5.41, 5.74) is -0.422. The lowest BCUT2D eigenvalue weighted by molar-refractivity contribution is -0.386. The number of nitro benzene ring substituents is 1. The molecule has 0 amide bonds. The van der Waals surface area contributed by atoms with Crippen molar-refractivity contribution in [2.75, 3.05) is 7.11 Å². The number of benzene rings is 1. The van der Waals surface area contributed by atoms with Crippen LogP contribution in [0.4, 0.5) is 5.69 Å². The predicted octanol–water partition coefficient (Wildman–Crippen LogP) is 1.82. The summed E-state index contributed by atoms with van der Waals surface area (Å²) in [5.74, 6) is -0.871. The van der Waals surface area contributed by atoms with Crippen LogP contribution in [0, 0.1) is 17.0 Å². The van der Waals surface area contributed by atoms with E-state index in [1.807, 2.05) is 0 Å². The van der Waals surface area contributed by atoms with Crippen molar-refractivity contribution in [1.82, 2.24) is 0 Å². The van der Waals surface area contributed by atoms with Gasteiger partial charge in [0.15, 0.2) is 5.78 Å². The van der Waals surface area contributed by atoms with Crippen LogP contribution in [0.1, 0.15) is 22.8 Å². The van der Waals surface area contributed by atoms with Gasteiger partial charge in [0.05, 0.1) is 23.2 Å². The fourth-order valence-corrected chi connectivity index (χ4v) is 1.43. The minimum atomic E-state index is -0.736. The van der Waals surface area contributed by atoms with Crippen LogP contribution in [0.15, 0.2) is 6.07 Å². The molecular weight excluding hydrogens is 214 g/mol. The number of Topliss-reactive ketones (excluding diaryl/α,β-unsaturated/α-hetero) is 1. The number of rotatable bonds is 3. The molecule has 0 bridgehead atoms. The van der Waals surface area contributed by atoms with Crippen molar-refractivity contribution in [1.29, 1.82) is 0 Å². The molecule has 1 rings (SSSR count). The smallest absolute Gasteiger partial charge is 0.318 e. The van der Waals surface area contributed by atoms with Gasteiger partial charge in [0, 0.05) is 0 Å². The van der Waals surface area contributed by atoms with Crippen molar-refractivity contribution in [2.45, 2.75) is 13.8 Å². The molecule has 16 heavy (non-hydrogen) atoms. The van der Waals surface area contributed by atoms with Crippen molar-refractivity contribution in [3.8, 4) is 11.5 Å². The van der Waals surface area contributed by atoms with Crippen LogP contribution in [0.5, 0.6) is 11.5 Å². The zero-order chi connectivity index (χ0) is 12.5. The molecular formula is C10H11NO5. The lowest BCUT2D eigenvalue weighted by Gasteiger charge is -2.09. The third-order valence-electron chi connectivity index (χ3n) is 2.26. The first-order chi connectivity index (χ1) is 7.40. The van der Waals surface area contributed by atoms with Gasteiger partial charge in [-0.1, -0.05) is 0 Å². The van der Waals surface area contributed by atoms with Gasteiger partial charge in [-0.3, -0.25) is 14.9 Å². The molecule has 86 valence electrons. The van der Waals surface area contributed by atoms with Crippen LogP contribution in [-0.2, 0) is 0 Å². The minimum absolute atomic E-state index is 0.117. The molecule has 0 saturated carbocycles. The molecule has 0 spiro atoms. The summed E-state index contributed by atoms with van der Waals surface area (Å²) in [5, 5.41) is 20.4. The van der Waals surface area contributed by atoms with Gasteiger partial charge in [0.2, 0.25) is 5.75 Å². The number of ether oxygens (including phenoxy) is 1.